The van der Waals surface area contributed by atoms with Crippen LogP contribution in [0.5, 0.6) is 0 Å². The zero-order valence-corrected chi connectivity index (χ0v) is 14.0. The van der Waals surface area contributed by atoms with Crippen LogP contribution in [0.4, 0.5) is 0 Å². The lowest BCUT2D eigenvalue weighted by Crippen LogP contribution is -2.40. The molecule has 0 radical (unpaired) electrons. The fourth-order valence-electron chi connectivity index (χ4n) is 2.37. The lowest BCUT2D eigenvalue weighted by atomic mass is 10.1. The Hall–Kier alpha value is -2.96. The third kappa shape index (κ3) is 3.05. The Balaban J connectivity index is 1.95. The third-order valence-electron chi connectivity index (χ3n) is 3.46. The second kappa shape index (κ2) is 5.59. The minimum absolute atomic E-state index is 0.0792. The number of rotatable bonds is 3. The largest absolute Gasteiger partial charge is 0.349 e. The summed E-state index contributed by atoms with van der Waals surface area (Å²) in [5.41, 5.74) is 2.94. The van der Waals surface area contributed by atoms with Crippen molar-refractivity contribution in [3.63, 3.8) is 0 Å². The Kier molecular flexibility index (Phi) is 3.71. The molecule has 7 heteroatoms. The van der Waals surface area contributed by atoms with Crippen LogP contribution in [-0.4, -0.2) is 37.2 Å². The summed E-state index contributed by atoms with van der Waals surface area (Å²) in [5.74, 6) is -0.265. The molecule has 3 heterocycles. The molecule has 0 atom stereocenters. The molecule has 0 unspecified atom stereocenters. The van der Waals surface area contributed by atoms with E-state index in [-0.39, 0.29) is 17.2 Å². The molecule has 1 amide bonds. The number of Topliss-reactive ketones (excluding diaryl/α,β-unsaturated/α-hetero) is 1. The highest BCUT2D eigenvalue weighted by Gasteiger charge is 2.18. The van der Waals surface area contributed by atoms with E-state index in [0.717, 1.165) is 0 Å². The predicted octanol–water partition coefficient (Wildman–Crippen LogP) is 2.68. The number of nitrogens with zero attached hydrogens (tertiary/aromatic N) is 2. The van der Waals surface area contributed by atoms with Gasteiger partial charge in [0.05, 0.1) is 17.5 Å². The van der Waals surface area contributed by atoms with Crippen molar-refractivity contribution in [3.8, 4) is 11.4 Å². The van der Waals surface area contributed by atoms with Crippen molar-refractivity contribution in [1.82, 2.24) is 25.3 Å². The van der Waals surface area contributed by atoms with Crippen molar-refractivity contribution in [2.24, 2.45) is 0 Å². The number of fused-ring (bicyclic) bond motifs is 1. The second-order valence-electron chi connectivity index (χ2n) is 6.70. The molecule has 3 aromatic rings. The molecule has 0 aliphatic heterocycles. The van der Waals surface area contributed by atoms with Crippen LogP contribution in [0.2, 0.25) is 0 Å². The first-order chi connectivity index (χ1) is 11.2. The summed E-state index contributed by atoms with van der Waals surface area (Å²) in [6, 6.07) is 3.47. The first-order valence-electron chi connectivity index (χ1n) is 7.61. The molecule has 0 saturated heterocycles. The van der Waals surface area contributed by atoms with Gasteiger partial charge in [-0.1, -0.05) is 0 Å². The van der Waals surface area contributed by atoms with Gasteiger partial charge in [-0.2, -0.15) is 0 Å². The van der Waals surface area contributed by atoms with Gasteiger partial charge in [-0.05, 0) is 39.8 Å². The maximum Gasteiger partial charge on any atom is 0.268 e. The van der Waals surface area contributed by atoms with Gasteiger partial charge in [-0.15, -0.1) is 0 Å². The minimum Gasteiger partial charge on any atom is -0.349 e. The Bertz CT molecular complexity index is 930. The minimum atomic E-state index is -0.317. The number of H-pyrrole nitrogens is 2. The highest BCUT2D eigenvalue weighted by molar-refractivity contribution is 6.04. The number of hydrogen-bond donors (Lipinski definition) is 3. The number of ketones is 1. The summed E-state index contributed by atoms with van der Waals surface area (Å²) in [6.07, 6.45) is 3.20. The Morgan fingerprint density at radius 2 is 1.96 bits per heavy atom. The number of hydrogen-bond acceptors (Lipinski definition) is 4. The summed E-state index contributed by atoms with van der Waals surface area (Å²) in [6.45, 7) is 7.25. The van der Waals surface area contributed by atoms with Crippen molar-refractivity contribution in [1.29, 1.82) is 0 Å². The van der Waals surface area contributed by atoms with E-state index in [0.29, 0.717) is 33.8 Å². The summed E-state index contributed by atoms with van der Waals surface area (Å²) in [4.78, 5) is 38.6. The Morgan fingerprint density at radius 3 is 2.62 bits per heavy atom. The maximum atomic E-state index is 12.2. The lowest BCUT2D eigenvalue weighted by molar-refractivity contribution is 0.0914. The van der Waals surface area contributed by atoms with E-state index >= 15 is 0 Å². The summed E-state index contributed by atoms with van der Waals surface area (Å²) >= 11 is 0. The lowest BCUT2D eigenvalue weighted by Gasteiger charge is -2.19. The van der Waals surface area contributed by atoms with Crippen molar-refractivity contribution in [2.75, 3.05) is 0 Å². The van der Waals surface area contributed by atoms with Gasteiger partial charge < -0.3 is 15.3 Å². The molecule has 3 rings (SSSR count). The van der Waals surface area contributed by atoms with Crippen molar-refractivity contribution in [3.05, 3.63) is 35.8 Å². The molecule has 0 fully saturated rings. The van der Waals surface area contributed by atoms with E-state index in [2.05, 4.69) is 25.3 Å². The average molecular weight is 325 g/mol. The first kappa shape index (κ1) is 15.9. The molecule has 124 valence electrons. The molecular formula is C17H19N5O2. The van der Waals surface area contributed by atoms with Gasteiger partial charge >= 0.3 is 0 Å². The van der Waals surface area contributed by atoms with Crippen LogP contribution >= 0.6 is 0 Å². The first-order valence-corrected chi connectivity index (χ1v) is 7.61. The molecule has 0 saturated carbocycles. The van der Waals surface area contributed by atoms with Gasteiger partial charge in [0.15, 0.2) is 11.4 Å². The summed E-state index contributed by atoms with van der Waals surface area (Å²) in [7, 11) is 0. The van der Waals surface area contributed by atoms with E-state index in [1.807, 2.05) is 20.8 Å². The van der Waals surface area contributed by atoms with Crippen LogP contribution < -0.4 is 5.32 Å². The maximum absolute atomic E-state index is 12.2. The monoisotopic (exact) mass is 325 g/mol. The highest BCUT2D eigenvalue weighted by Crippen LogP contribution is 2.21. The molecule has 0 aliphatic carbocycles. The van der Waals surface area contributed by atoms with Gasteiger partial charge in [-0.25, -0.2) is 9.97 Å². The number of nitrogens with one attached hydrogen (secondary N) is 3. The molecule has 7 nitrogen and oxygen atoms in total. The zero-order chi connectivity index (χ0) is 17.5. The van der Waals surface area contributed by atoms with Crippen LogP contribution in [0.15, 0.2) is 24.5 Å². The van der Waals surface area contributed by atoms with Crippen molar-refractivity contribution >= 4 is 22.9 Å². The highest BCUT2D eigenvalue weighted by atomic mass is 16.2. The molecule has 0 spiro atoms. The third-order valence-corrected chi connectivity index (χ3v) is 3.46. The zero-order valence-electron chi connectivity index (χ0n) is 14.0. The number of carbonyl (C=O) groups is 2. The van der Waals surface area contributed by atoms with Crippen molar-refractivity contribution < 1.29 is 9.59 Å². The van der Waals surface area contributed by atoms with E-state index in [4.69, 9.17) is 0 Å². The van der Waals surface area contributed by atoms with E-state index in [9.17, 15) is 9.59 Å². The van der Waals surface area contributed by atoms with Crippen LogP contribution in [-0.2, 0) is 0 Å². The van der Waals surface area contributed by atoms with Gasteiger partial charge in [0, 0.05) is 11.7 Å². The van der Waals surface area contributed by atoms with E-state index < -0.39 is 0 Å². The average Bonchev–Trinajstić information content (AvgIpc) is 3.11. The molecular weight excluding hydrogens is 306 g/mol. The second-order valence-corrected chi connectivity index (χ2v) is 6.70. The predicted molar refractivity (Wildman–Crippen MR) is 90.9 cm³/mol. The topological polar surface area (TPSA) is 104 Å². The number of amides is 1. The molecule has 3 aromatic heterocycles. The quantitative estimate of drug-likeness (QED) is 0.644. The number of carbonyl (C=O) groups excluding carboxylic acids is 2. The van der Waals surface area contributed by atoms with E-state index in [1.54, 1.807) is 24.5 Å². The van der Waals surface area contributed by atoms with Gasteiger partial charge in [0.2, 0.25) is 0 Å². The molecule has 24 heavy (non-hydrogen) atoms. The van der Waals surface area contributed by atoms with Crippen molar-refractivity contribution in [2.45, 2.75) is 33.2 Å². The molecule has 0 aliphatic rings. The number of aromatic amines is 2. The van der Waals surface area contributed by atoms with Crippen LogP contribution in [0.3, 0.4) is 0 Å². The Labute approximate surface area is 138 Å². The van der Waals surface area contributed by atoms with Crippen LogP contribution in [0.1, 0.15) is 48.5 Å². The smallest absolute Gasteiger partial charge is 0.268 e. The summed E-state index contributed by atoms with van der Waals surface area (Å²) in [5, 5.41) is 2.89. The summed E-state index contributed by atoms with van der Waals surface area (Å²) < 4.78 is 0. The van der Waals surface area contributed by atoms with E-state index in [1.165, 1.54) is 6.92 Å². The molecule has 0 aromatic carbocycles. The standard InChI is InChI=1S/C17H19N5O2/c1-9(23)10-7-18-15-14(10)21-13(8-19-15)11-5-6-12(20-11)16(24)22-17(2,3)4/h5-8,20H,1-4H3,(H,18,19)(H,22,24). The fraction of sp³-hybridized carbons (Fsp3) is 0.294. The van der Waals surface area contributed by atoms with Gasteiger partial charge in [0.1, 0.15) is 16.9 Å². The number of aromatic nitrogens is 4. The van der Waals surface area contributed by atoms with Gasteiger partial charge in [0.25, 0.3) is 5.91 Å². The van der Waals surface area contributed by atoms with Gasteiger partial charge in [-0.3, -0.25) is 9.59 Å². The molecule has 0 bridgehead atoms. The fourth-order valence-corrected chi connectivity index (χ4v) is 2.37. The SMILES string of the molecule is CC(=O)c1c[nH]c2ncc(-c3ccc(C(=O)NC(C)(C)C)[nH]3)nc12. The Morgan fingerprint density at radius 1 is 1.21 bits per heavy atom. The van der Waals surface area contributed by atoms with Crippen LogP contribution in [0, 0.1) is 0 Å². The normalized spacial score (nSPS) is 11.7. The van der Waals surface area contributed by atoms with Crippen LogP contribution in [0.25, 0.3) is 22.6 Å². The molecule has 3 N–H and O–H groups in total.